The maximum atomic E-state index is 12.7. The molecule has 1 heterocycles. The Bertz CT molecular complexity index is 707. The van der Waals surface area contributed by atoms with Crippen molar-refractivity contribution in [3.8, 4) is 0 Å². The third-order valence-corrected chi connectivity index (χ3v) is 5.89. The largest absolute Gasteiger partial charge is 0.379 e. The van der Waals surface area contributed by atoms with Crippen LogP contribution in [0.15, 0.2) is 29.2 Å². The van der Waals surface area contributed by atoms with Crippen LogP contribution in [-0.4, -0.2) is 63.6 Å². The maximum absolute atomic E-state index is 12.7. The average Bonchev–Trinajstić information content (AvgIpc) is 2.61. The highest BCUT2D eigenvalue weighted by Crippen LogP contribution is 2.18. The Morgan fingerprint density at radius 1 is 1.19 bits per heavy atom. The normalized spacial score (nSPS) is 16.4. The first kappa shape index (κ1) is 20.8. The zero-order valence-electron chi connectivity index (χ0n) is 15.7. The van der Waals surface area contributed by atoms with Gasteiger partial charge in [-0.15, -0.1) is 0 Å². The number of nitrogens with one attached hydrogen (secondary N) is 2. The molecule has 0 aliphatic carbocycles. The fraction of sp³-hybridized carbons (Fsp3) is 0.611. The Hall–Kier alpha value is -1.48. The van der Waals surface area contributed by atoms with Gasteiger partial charge in [0.25, 0.3) is 5.91 Å². The Morgan fingerprint density at radius 3 is 2.54 bits per heavy atom. The Balaban J connectivity index is 1.94. The molecule has 26 heavy (non-hydrogen) atoms. The molecule has 0 unspecified atom stereocenters. The second-order valence-corrected chi connectivity index (χ2v) is 9.27. The highest BCUT2D eigenvalue weighted by atomic mass is 32.2. The van der Waals surface area contributed by atoms with Gasteiger partial charge in [0.15, 0.2) is 0 Å². The lowest BCUT2D eigenvalue weighted by Gasteiger charge is -2.26. The lowest BCUT2D eigenvalue weighted by Crippen LogP contribution is -2.40. The van der Waals surface area contributed by atoms with Crippen molar-refractivity contribution < 1.29 is 17.9 Å². The number of ether oxygens (including phenoxy) is 1. The van der Waals surface area contributed by atoms with Gasteiger partial charge in [-0.2, -0.15) is 4.31 Å². The van der Waals surface area contributed by atoms with Crippen LogP contribution in [0, 0.1) is 0 Å². The third kappa shape index (κ3) is 6.05. The zero-order chi connectivity index (χ0) is 19.2. The fourth-order valence-corrected chi connectivity index (χ4v) is 4.04. The van der Waals surface area contributed by atoms with Gasteiger partial charge in [0.1, 0.15) is 0 Å². The van der Waals surface area contributed by atoms with E-state index in [0.717, 1.165) is 13.0 Å². The minimum Gasteiger partial charge on any atom is -0.379 e. The molecular weight excluding hydrogens is 354 g/mol. The summed E-state index contributed by atoms with van der Waals surface area (Å²) in [5.74, 6) is -0.264. The molecule has 1 saturated heterocycles. The molecule has 146 valence electrons. The molecule has 2 N–H and O–H groups in total. The molecule has 1 aromatic carbocycles. The van der Waals surface area contributed by atoms with Gasteiger partial charge >= 0.3 is 0 Å². The van der Waals surface area contributed by atoms with E-state index in [1.54, 1.807) is 12.1 Å². The van der Waals surface area contributed by atoms with Gasteiger partial charge in [-0.1, -0.05) is 6.07 Å². The van der Waals surface area contributed by atoms with Crippen molar-refractivity contribution in [1.29, 1.82) is 0 Å². The molecule has 2 rings (SSSR count). The van der Waals surface area contributed by atoms with Crippen LogP contribution in [0.5, 0.6) is 0 Å². The summed E-state index contributed by atoms with van der Waals surface area (Å²) in [6, 6.07) is 6.19. The second kappa shape index (κ2) is 8.94. The zero-order valence-corrected chi connectivity index (χ0v) is 16.6. The first-order valence-electron chi connectivity index (χ1n) is 8.91. The van der Waals surface area contributed by atoms with Crippen LogP contribution >= 0.6 is 0 Å². The molecular formula is C18H29N3O4S. The number of hydrogen-bond donors (Lipinski definition) is 2. The molecule has 1 amide bonds. The van der Waals surface area contributed by atoms with Crippen molar-refractivity contribution in [1.82, 2.24) is 14.9 Å². The van der Waals surface area contributed by atoms with Gasteiger partial charge < -0.3 is 15.4 Å². The number of rotatable bonds is 7. The number of sulfonamides is 1. The molecule has 0 bridgehead atoms. The summed E-state index contributed by atoms with van der Waals surface area (Å²) in [6.45, 7) is 9.05. The molecule has 1 aliphatic rings. The van der Waals surface area contributed by atoms with E-state index in [1.165, 1.54) is 16.4 Å². The van der Waals surface area contributed by atoms with E-state index >= 15 is 0 Å². The van der Waals surface area contributed by atoms with Gasteiger partial charge in [-0.25, -0.2) is 8.42 Å². The van der Waals surface area contributed by atoms with Gasteiger partial charge in [0.2, 0.25) is 10.0 Å². The van der Waals surface area contributed by atoms with Gasteiger partial charge in [-0.3, -0.25) is 4.79 Å². The maximum Gasteiger partial charge on any atom is 0.251 e. The summed E-state index contributed by atoms with van der Waals surface area (Å²) in [5, 5.41) is 6.19. The molecule has 0 aromatic heterocycles. The van der Waals surface area contributed by atoms with Crippen molar-refractivity contribution in [3.05, 3.63) is 29.8 Å². The molecule has 0 radical (unpaired) electrons. The van der Waals surface area contributed by atoms with Crippen molar-refractivity contribution in [2.45, 2.75) is 37.6 Å². The van der Waals surface area contributed by atoms with Crippen LogP contribution in [0.25, 0.3) is 0 Å². The first-order valence-corrected chi connectivity index (χ1v) is 10.4. The third-order valence-electron chi connectivity index (χ3n) is 4.00. The number of benzene rings is 1. The van der Waals surface area contributed by atoms with Crippen molar-refractivity contribution in [3.63, 3.8) is 0 Å². The summed E-state index contributed by atoms with van der Waals surface area (Å²) in [7, 11) is -3.60. The van der Waals surface area contributed by atoms with E-state index in [4.69, 9.17) is 4.74 Å². The average molecular weight is 384 g/mol. The van der Waals surface area contributed by atoms with E-state index in [9.17, 15) is 13.2 Å². The number of amides is 1. The monoisotopic (exact) mass is 383 g/mol. The minimum absolute atomic E-state index is 0.0478. The van der Waals surface area contributed by atoms with Crippen LogP contribution in [0.2, 0.25) is 0 Å². The number of nitrogens with zero attached hydrogens (tertiary/aromatic N) is 1. The van der Waals surface area contributed by atoms with Crippen molar-refractivity contribution in [2.75, 3.05) is 39.4 Å². The molecule has 0 saturated carbocycles. The lowest BCUT2D eigenvalue weighted by molar-refractivity contribution is 0.0730. The lowest BCUT2D eigenvalue weighted by atomic mass is 10.1. The molecule has 1 aliphatic heterocycles. The van der Waals surface area contributed by atoms with Crippen LogP contribution in [0.3, 0.4) is 0 Å². The molecule has 1 aromatic rings. The first-order chi connectivity index (χ1) is 12.2. The van der Waals surface area contributed by atoms with Crippen LogP contribution < -0.4 is 10.6 Å². The number of carbonyl (C=O) groups is 1. The van der Waals surface area contributed by atoms with E-state index in [2.05, 4.69) is 31.4 Å². The standard InChI is InChI=1S/C18H29N3O4S/c1-18(2,3)20-9-5-8-19-17(22)15-6-4-7-16(14-15)26(23,24)21-10-12-25-13-11-21/h4,6-7,14,20H,5,8-13H2,1-3H3,(H,19,22). The highest BCUT2D eigenvalue weighted by Gasteiger charge is 2.26. The molecule has 0 atom stereocenters. The SMILES string of the molecule is CC(C)(C)NCCCNC(=O)c1cccc(S(=O)(=O)N2CCOCC2)c1. The Labute approximate surface area is 156 Å². The predicted molar refractivity (Wildman–Crippen MR) is 101 cm³/mol. The molecule has 7 nitrogen and oxygen atoms in total. The minimum atomic E-state index is -3.60. The molecule has 0 spiro atoms. The fourth-order valence-electron chi connectivity index (χ4n) is 2.59. The molecule has 1 fully saturated rings. The molecule has 8 heteroatoms. The smallest absolute Gasteiger partial charge is 0.251 e. The highest BCUT2D eigenvalue weighted by molar-refractivity contribution is 7.89. The topological polar surface area (TPSA) is 87.7 Å². The summed E-state index contributed by atoms with van der Waals surface area (Å²) in [5.41, 5.74) is 0.398. The van der Waals surface area contributed by atoms with Crippen LogP contribution in [0.1, 0.15) is 37.6 Å². The predicted octanol–water partition coefficient (Wildman–Crippen LogP) is 1.22. The van der Waals surface area contributed by atoms with Crippen LogP contribution in [0.4, 0.5) is 0 Å². The van der Waals surface area contributed by atoms with E-state index < -0.39 is 10.0 Å². The number of carbonyl (C=O) groups excluding carboxylic acids is 1. The van der Waals surface area contributed by atoms with Gasteiger partial charge in [0.05, 0.1) is 18.1 Å². The van der Waals surface area contributed by atoms with E-state index in [1.807, 2.05) is 0 Å². The number of hydrogen-bond acceptors (Lipinski definition) is 5. The van der Waals surface area contributed by atoms with E-state index in [0.29, 0.717) is 38.4 Å². The number of morpholine rings is 1. The van der Waals surface area contributed by atoms with Crippen molar-refractivity contribution >= 4 is 15.9 Å². The Morgan fingerprint density at radius 2 is 1.88 bits per heavy atom. The summed E-state index contributed by atoms with van der Waals surface area (Å²) in [6.07, 6.45) is 0.800. The second-order valence-electron chi connectivity index (χ2n) is 7.33. The summed E-state index contributed by atoms with van der Waals surface area (Å²) >= 11 is 0. The Kier molecular flexibility index (Phi) is 7.16. The van der Waals surface area contributed by atoms with Gasteiger partial charge in [-0.05, 0) is 51.9 Å². The van der Waals surface area contributed by atoms with Crippen LogP contribution in [-0.2, 0) is 14.8 Å². The quantitative estimate of drug-likeness (QED) is 0.691. The van der Waals surface area contributed by atoms with Gasteiger partial charge in [0, 0.05) is 30.7 Å². The summed E-state index contributed by atoms with van der Waals surface area (Å²) in [4.78, 5) is 12.4. The summed E-state index contributed by atoms with van der Waals surface area (Å²) < 4.78 is 32.0. The van der Waals surface area contributed by atoms with Crippen molar-refractivity contribution in [2.24, 2.45) is 0 Å². The van der Waals surface area contributed by atoms with E-state index in [-0.39, 0.29) is 16.3 Å².